The lowest BCUT2D eigenvalue weighted by atomic mass is 9.98. The molecule has 7 heteroatoms. The summed E-state index contributed by atoms with van der Waals surface area (Å²) >= 11 is 1.40. The zero-order valence-electron chi connectivity index (χ0n) is 16.1. The largest absolute Gasteiger partial charge is 0.374 e. The second-order valence-electron chi connectivity index (χ2n) is 7.22. The molecule has 6 nitrogen and oxygen atoms in total. The number of benzene rings is 1. The van der Waals surface area contributed by atoms with Crippen molar-refractivity contribution >= 4 is 23.4 Å². The Bertz CT molecular complexity index is 741. The van der Waals surface area contributed by atoms with E-state index in [0.29, 0.717) is 18.5 Å². The van der Waals surface area contributed by atoms with Gasteiger partial charge in [-0.25, -0.2) is 0 Å². The number of rotatable bonds is 8. The number of amides is 1. The highest BCUT2D eigenvalue weighted by atomic mass is 32.2. The van der Waals surface area contributed by atoms with Gasteiger partial charge >= 0.3 is 0 Å². The molecule has 1 aromatic carbocycles. The Morgan fingerprint density at radius 2 is 2.15 bits per heavy atom. The monoisotopic (exact) mass is 388 g/mol. The summed E-state index contributed by atoms with van der Waals surface area (Å²) in [5.74, 6) is 0.248. The number of nitrogens with one attached hydrogen (secondary N) is 1. The van der Waals surface area contributed by atoms with Crippen molar-refractivity contribution in [1.29, 1.82) is 0 Å². The molecule has 27 heavy (non-hydrogen) atoms. The number of carbonyl (C=O) groups is 1. The molecular weight excluding hydrogens is 360 g/mol. The number of carbonyl (C=O) groups excluding carboxylic acids is 1. The maximum Gasteiger partial charge on any atom is 0.234 e. The predicted molar refractivity (Wildman–Crippen MR) is 108 cm³/mol. The molecule has 0 aliphatic heterocycles. The normalized spacial score (nSPS) is 15.2. The van der Waals surface area contributed by atoms with Gasteiger partial charge < -0.3 is 14.6 Å². The second-order valence-corrected chi connectivity index (χ2v) is 8.17. The Morgan fingerprint density at radius 3 is 2.93 bits per heavy atom. The van der Waals surface area contributed by atoms with E-state index in [1.54, 1.807) is 6.33 Å². The molecule has 1 heterocycles. The zero-order chi connectivity index (χ0) is 19.1. The smallest absolute Gasteiger partial charge is 0.234 e. The van der Waals surface area contributed by atoms with Crippen molar-refractivity contribution in [2.45, 2.75) is 69.9 Å². The molecule has 0 spiro atoms. The third kappa shape index (κ3) is 6.07. The Balaban J connectivity index is 1.48. The van der Waals surface area contributed by atoms with E-state index >= 15 is 0 Å². The lowest BCUT2D eigenvalue weighted by Crippen LogP contribution is -2.17. The minimum Gasteiger partial charge on any atom is -0.374 e. The van der Waals surface area contributed by atoms with Crippen LogP contribution in [0.4, 0.5) is 5.69 Å². The second kappa shape index (κ2) is 9.90. The van der Waals surface area contributed by atoms with E-state index in [4.69, 9.17) is 4.74 Å². The van der Waals surface area contributed by atoms with Crippen LogP contribution in [0.2, 0.25) is 0 Å². The van der Waals surface area contributed by atoms with E-state index in [1.165, 1.54) is 31.0 Å². The van der Waals surface area contributed by atoms with Gasteiger partial charge in [-0.15, -0.1) is 10.2 Å². The van der Waals surface area contributed by atoms with Crippen LogP contribution >= 0.6 is 11.8 Å². The summed E-state index contributed by atoms with van der Waals surface area (Å²) in [6, 6.07) is 8.16. The van der Waals surface area contributed by atoms with Crippen molar-refractivity contribution in [3.63, 3.8) is 0 Å². The van der Waals surface area contributed by atoms with Gasteiger partial charge in [0.2, 0.25) is 5.91 Å². The lowest BCUT2D eigenvalue weighted by molar-refractivity contribution is -0.113. The molecule has 146 valence electrons. The molecule has 1 aliphatic rings. The summed E-state index contributed by atoms with van der Waals surface area (Å²) in [4.78, 5) is 12.3. The van der Waals surface area contributed by atoms with Crippen LogP contribution in [0.1, 0.15) is 57.6 Å². The Morgan fingerprint density at radius 1 is 1.33 bits per heavy atom. The van der Waals surface area contributed by atoms with Gasteiger partial charge in [0.1, 0.15) is 6.33 Å². The van der Waals surface area contributed by atoms with Gasteiger partial charge in [0, 0.05) is 11.7 Å². The van der Waals surface area contributed by atoms with Crippen LogP contribution in [0.25, 0.3) is 0 Å². The SMILES string of the molecule is CC(C)n1cnnc1SCC(=O)Nc1cccc(COC2CCCCC2)c1. The molecule has 2 aromatic rings. The Kier molecular flexibility index (Phi) is 7.29. The van der Waals surface area contributed by atoms with E-state index in [1.807, 2.05) is 28.8 Å². The molecule has 0 radical (unpaired) electrons. The predicted octanol–water partition coefficient (Wildman–Crippen LogP) is 4.44. The highest BCUT2D eigenvalue weighted by molar-refractivity contribution is 7.99. The molecule has 3 rings (SSSR count). The van der Waals surface area contributed by atoms with Crippen LogP contribution in [0.15, 0.2) is 35.7 Å². The number of hydrogen-bond donors (Lipinski definition) is 1. The fraction of sp³-hybridized carbons (Fsp3) is 0.550. The van der Waals surface area contributed by atoms with Crippen LogP contribution in [0.3, 0.4) is 0 Å². The molecule has 0 unspecified atom stereocenters. The molecule has 1 amide bonds. The van der Waals surface area contributed by atoms with Gasteiger partial charge in [-0.2, -0.15) is 0 Å². The first kappa shape index (κ1) is 19.9. The van der Waals surface area contributed by atoms with Crippen LogP contribution in [-0.4, -0.2) is 32.5 Å². The van der Waals surface area contributed by atoms with Crippen molar-refractivity contribution in [2.24, 2.45) is 0 Å². The standard InChI is InChI=1S/C20H28N4O2S/c1-15(2)24-14-21-23-20(24)27-13-19(25)22-17-8-6-7-16(11-17)12-26-18-9-4-3-5-10-18/h6-8,11,14-15,18H,3-5,9-10,12-13H2,1-2H3,(H,22,25). The molecule has 0 atom stereocenters. The quantitative estimate of drug-likeness (QED) is 0.677. The van der Waals surface area contributed by atoms with Crippen molar-refractivity contribution in [3.8, 4) is 0 Å². The summed E-state index contributed by atoms with van der Waals surface area (Å²) in [6.07, 6.45) is 8.26. The summed E-state index contributed by atoms with van der Waals surface area (Å²) in [5, 5.41) is 11.7. The number of thioether (sulfide) groups is 1. The van der Waals surface area contributed by atoms with Crippen molar-refractivity contribution in [2.75, 3.05) is 11.1 Å². The Hall–Kier alpha value is -1.86. The minimum absolute atomic E-state index is 0.0522. The molecule has 0 bridgehead atoms. The van der Waals surface area contributed by atoms with Crippen LogP contribution in [-0.2, 0) is 16.1 Å². The van der Waals surface area contributed by atoms with E-state index in [-0.39, 0.29) is 11.9 Å². The third-order valence-electron chi connectivity index (χ3n) is 4.68. The fourth-order valence-electron chi connectivity index (χ4n) is 3.20. The first-order valence-corrected chi connectivity index (χ1v) is 10.6. The number of hydrogen-bond acceptors (Lipinski definition) is 5. The van der Waals surface area contributed by atoms with Crippen molar-refractivity contribution in [1.82, 2.24) is 14.8 Å². The van der Waals surface area contributed by atoms with Gasteiger partial charge in [-0.1, -0.05) is 43.2 Å². The fourth-order valence-corrected chi connectivity index (χ4v) is 4.05. The van der Waals surface area contributed by atoms with Crippen LogP contribution in [0.5, 0.6) is 0 Å². The van der Waals surface area contributed by atoms with Crippen molar-refractivity contribution < 1.29 is 9.53 Å². The number of anilines is 1. The van der Waals surface area contributed by atoms with Gasteiger partial charge in [0.15, 0.2) is 5.16 Å². The van der Waals surface area contributed by atoms with Gasteiger partial charge in [-0.3, -0.25) is 4.79 Å². The lowest BCUT2D eigenvalue weighted by Gasteiger charge is -2.22. The highest BCUT2D eigenvalue weighted by Gasteiger charge is 2.14. The van der Waals surface area contributed by atoms with E-state index in [2.05, 4.69) is 29.4 Å². The van der Waals surface area contributed by atoms with E-state index in [9.17, 15) is 4.79 Å². The summed E-state index contributed by atoms with van der Waals surface area (Å²) in [6.45, 7) is 4.73. The number of nitrogens with zero attached hydrogens (tertiary/aromatic N) is 3. The number of ether oxygens (including phenoxy) is 1. The molecule has 1 aliphatic carbocycles. The summed E-state index contributed by atoms with van der Waals surface area (Å²) in [7, 11) is 0. The topological polar surface area (TPSA) is 69.0 Å². The molecule has 0 saturated heterocycles. The van der Waals surface area contributed by atoms with E-state index in [0.717, 1.165) is 29.2 Å². The summed E-state index contributed by atoms with van der Waals surface area (Å²) in [5.41, 5.74) is 1.89. The molecule has 1 N–H and O–H groups in total. The van der Waals surface area contributed by atoms with Crippen LogP contribution in [0, 0.1) is 0 Å². The van der Waals surface area contributed by atoms with E-state index < -0.39 is 0 Å². The maximum absolute atomic E-state index is 12.3. The molecule has 1 aromatic heterocycles. The third-order valence-corrected chi connectivity index (χ3v) is 5.63. The summed E-state index contributed by atoms with van der Waals surface area (Å²) < 4.78 is 7.99. The van der Waals surface area contributed by atoms with Crippen molar-refractivity contribution in [3.05, 3.63) is 36.2 Å². The molecule has 1 saturated carbocycles. The van der Waals surface area contributed by atoms with Gasteiger partial charge in [-0.05, 0) is 44.4 Å². The van der Waals surface area contributed by atoms with Gasteiger partial charge in [0.25, 0.3) is 0 Å². The van der Waals surface area contributed by atoms with Crippen LogP contribution < -0.4 is 5.32 Å². The van der Waals surface area contributed by atoms with Gasteiger partial charge in [0.05, 0.1) is 18.5 Å². The number of aromatic nitrogens is 3. The first-order valence-electron chi connectivity index (χ1n) is 9.64. The first-order chi connectivity index (χ1) is 13.1. The minimum atomic E-state index is -0.0522. The highest BCUT2D eigenvalue weighted by Crippen LogP contribution is 2.22. The Labute approximate surface area is 165 Å². The average Bonchev–Trinajstić information content (AvgIpc) is 3.15. The maximum atomic E-state index is 12.3. The zero-order valence-corrected chi connectivity index (χ0v) is 16.9. The molecule has 1 fully saturated rings. The molecular formula is C20H28N4O2S. The average molecular weight is 389 g/mol.